The van der Waals surface area contributed by atoms with Crippen molar-refractivity contribution in [2.45, 2.75) is 50.9 Å². The average molecular weight is 247 g/mol. The lowest BCUT2D eigenvalue weighted by Gasteiger charge is -2.40. The zero-order valence-corrected chi connectivity index (χ0v) is 11.2. The summed E-state index contributed by atoms with van der Waals surface area (Å²) in [5.41, 5.74) is 3.84. The molecule has 0 amide bonds. The van der Waals surface area contributed by atoms with Crippen molar-refractivity contribution in [1.29, 1.82) is 0 Å². The third kappa shape index (κ3) is 1.91. The molecular weight excluding hydrogens is 226 g/mol. The van der Waals surface area contributed by atoms with Gasteiger partial charge in [0.2, 0.25) is 0 Å². The average Bonchev–Trinajstić information content (AvgIpc) is 2.32. The third-order valence-corrected chi connectivity index (χ3v) is 4.01. The molecule has 2 aliphatic heterocycles. The molecule has 0 aliphatic carbocycles. The van der Waals surface area contributed by atoms with Crippen LogP contribution in [0.25, 0.3) is 0 Å². The van der Waals surface area contributed by atoms with Gasteiger partial charge in [-0.15, -0.1) is 0 Å². The number of ether oxygens (including phenoxy) is 1. The zero-order valence-electron chi connectivity index (χ0n) is 11.2. The van der Waals surface area contributed by atoms with Crippen LogP contribution < -0.4 is 5.32 Å². The Morgan fingerprint density at radius 1 is 1.33 bits per heavy atom. The lowest BCUT2D eigenvalue weighted by Crippen LogP contribution is -2.46. The van der Waals surface area contributed by atoms with Crippen LogP contribution in [-0.2, 0) is 10.2 Å². The Labute approximate surface area is 108 Å². The van der Waals surface area contributed by atoms with Crippen LogP contribution in [0, 0.1) is 0 Å². The zero-order chi connectivity index (χ0) is 12.9. The van der Waals surface area contributed by atoms with E-state index in [1.165, 1.54) is 11.1 Å². The number of aliphatic hydroxyl groups is 1. The standard InChI is InChI=1S/C15H21NO2/c1-15(2,3)9-4-5-11-10(6-9)14-7-12(16-11)13(17)8-18-14/h4-6,12-14,16-17H,7-8H2,1-3H3/t12-,13-,14-/m1/s1. The van der Waals surface area contributed by atoms with Gasteiger partial charge in [-0.1, -0.05) is 32.9 Å². The molecule has 18 heavy (non-hydrogen) atoms. The number of anilines is 1. The molecule has 0 unspecified atom stereocenters. The van der Waals surface area contributed by atoms with Gasteiger partial charge in [-0.05, 0) is 17.0 Å². The Morgan fingerprint density at radius 2 is 2.11 bits per heavy atom. The summed E-state index contributed by atoms with van der Waals surface area (Å²) < 4.78 is 5.77. The van der Waals surface area contributed by atoms with Crippen molar-refractivity contribution in [1.82, 2.24) is 0 Å². The second kappa shape index (κ2) is 3.97. The van der Waals surface area contributed by atoms with E-state index in [-0.39, 0.29) is 17.6 Å². The molecule has 2 heterocycles. The summed E-state index contributed by atoms with van der Waals surface area (Å²) in [5, 5.41) is 13.3. The van der Waals surface area contributed by atoms with Gasteiger partial charge in [-0.25, -0.2) is 0 Å². The van der Waals surface area contributed by atoms with Crippen molar-refractivity contribution in [2.75, 3.05) is 11.9 Å². The maximum absolute atomic E-state index is 9.84. The monoisotopic (exact) mass is 247 g/mol. The van der Waals surface area contributed by atoms with Crippen molar-refractivity contribution >= 4 is 5.69 Å². The molecular formula is C15H21NO2. The van der Waals surface area contributed by atoms with Crippen LogP contribution in [0.3, 0.4) is 0 Å². The summed E-state index contributed by atoms with van der Waals surface area (Å²) in [7, 11) is 0. The van der Waals surface area contributed by atoms with Gasteiger partial charge in [-0.2, -0.15) is 0 Å². The minimum Gasteiger partial charge on any atom is -0.389 e. The van der Waals surface area contributed by atoms with E-state index in [0.717, 1.165) is 12.1 Å². The summed E-state index contributed by atoms with van der Waals surface area (Å²) in [5.74, 6) is 0. The van der Waals surface area contributed by atoms with E-state index >= 15 is 0 Å². The SMILES string of the molecule is CC(C)(C)c1ccc2c(c1)[C@H]1C[C@@H](N2)[C@H](O)CO1. The van der Waals surface area contributed by atoms with Gasteiger partial charge in [0.15, 0.2) is 0 Å². The quantitative estimate of drug-likeness (QED) is 0.740. The highest BCUT2D eigenvalue weighted by atomic mass is 16.5. The molecule has 3 nitrogen and oxygen atoms in total. The minimum atomic E-state index is -0.392. The van der Waals surface area contributed by atoms with Gasteiger partial charge in [0.1, 0.15) is 0 Å². The van der Waals surface area contributed by atoms with Gasteiger partial charge < -0.3 is 15.2 Å². The minimum absolute atomic E-state index is 0.136. The summed E-state index contributed by atoms with van der Waals surface area (Å²) in [6.07, 6.45) is 0.607. The number of rotatable bonds is 0. The molecule has 3 heteroatoms. The van der Waals surface area contributed by atoms with Gasteiger partial charge >= 0.3 is 0 Å². The topological polar surface area (TPSA) is 41.5 Å². The van der Waals surface area contributed by atoms with E-state index < -0.39 is 6.10 Å². The van der Waals surface area contributed by atoms with Crippen molar-refractivity contribution < 1.29 is 9.84 Å². The highest BCUT2D eigenvalue weighted by molar-refractivity contribution is 5.57. The van der Waals surface area contributed by atoms with Crippen LogP contribution >= 0.6 is 0 Å². The Balaban J connectivity index is 2.00. The molecule has 1 fully saturated rings. The second-order valence-electron chi connectivity index (χ2n) is 6.43. The Kier molecular flexibility index (Phi) is 2.65. The number of hydrogen-bond donors (Lipinski definition) is 2. The molecule has 3 atom stereocenters. The van der Waals surface area contributed by atoms with E-state index in [9.17, 15) is 5.11 Å². The first-order valence-electron chi connectivity index (χ1n) is 6.66. The highest BCUT2D eigenvalue weighted by Gasteiger charge is 2.36. The molecule has 0 radical (unpaired) electrons. The van der Waals surface area contributed by atoms with Crippen LogP contribution in [-0.4, -0.2) is 23.9 Å². The van der Waals surface area contributed by atoms with Crippen molar-refractivity contribution in [3.05, 3.63) is 29.3 Å². The van der Waals surface area contributed by atoms with Gasteiger partial charge in [0, 0.05) is 17.7 Å². The Morgan fingerprint density at radius 3 is 2.83 bits per heavy atom. The van der Waals surface area contributed by atoms with E-state index in [2.05, 4.69) is 44.3 Å². The lowest BCUT2D eigenvalue weighted by molar-refractivity contribution is -0.0672. The number of hydrogen-bond acceptors (Lipinski definition) is 3. The summed E-state index contributed by atoms with van der Waals surface area (Å²) >= 11 is 0. The van der Waals surface area contributed by atoms with Crippen LogP contribution in [0.4, 0.5) is 5.69 Å². The molecule has 98 valence electrons. The largest absolute Gasteiger partial charge is 0.389 e. The molecule has 3 rings (SSSR count). The summed E-state index contributed by atoms with van der Waals surface area (Å²) in [4.78, 5) is 0. The highest BCUT2D eigenvalue weighted by Crippen LogP contribution is 2.40. The van der Waals surface area contributed by atoms with Crippen LogP contribution in [0.5, 0.6) is 0 Å². The number of benzene rings is 1. The van der Waals surface area contributed by atoms with Crippen LogP contribution in [0.1, 0.15) is 44.4 Å². The normalized spacial score (nSPS) is 30.6. The molecule has 2 bridgehead atoms. The molecule has 2 N–H and O–H groups in total. The maximum atomic E-state index is 9.84. The second-order valence-corrected chi connectivity index (χ2v) is 6.43. The molecule has 1 saturated heterocycles. The van der Waals surface area contributed by atoms with E-state index in [1.54, 1.807) is 0 Å². The number of aliphatic hydroxyl groups excluding tert-OH is 1. The molecule has 0 saturated carbocycles. The molecule has 0 aromatic heterocycles. The summed E-state index contributed by atoms with van der Waals surface area (Å²) in [6, 6.07) is 6.67. The first-order valence-corrected chi connectivity index (χ1v) is 6.66. The smallest absolute Gasteiger partial charge is 0.0975 e. The summed E-state index contributed by atoms with van der Waals surface area (Å²) in [6.45, 7) is 7.10. The predicted molar refractivity (Wildman–Crippen MR) is 71.9 cm³/mol. The van der Waals surface area contributed by atoms with Gasteiger partial charge in [0.05, 0.1) is 24.9 Å². The first-order chi connectivity index (χ1) is 8.45. The lowest BCUT2D eigenvalue weighted by atomic mass is 9.82. The fourth-order valence-electron chi connectivity index (χ4n) is 2.79. The van der Waals surface area contributed by atoms with Gasteiger partial charge in [0.25, 0.3) is 0 Å². The van der Waals surface area contributed by atoms with E-state index in [0.29, 0.717) is 6.61 Å². The molecule has 0 spiro atoms. The fraction of sp³-hybridized carbons (Fsp3) is 0.600. The van der Waals surface area contributed by atoms with Crippen molar-refractivity contribution in [3.8, 4) is 0 Å². The van der Waals surface area contributed by atoms with Crippen LogP contribution in [0.15, 0.2) is 18.2 Å². The number of fused-ring (bicyclic) bond motifs is 4. The maximum Gasteiger partial charge on any atom is 0.0975 e. The molecule has 2 aliphatic rings. The molecule has 1 aromatic rings. The Hall–Kier alpha value is -1.06. The van der Waals surface area contributed by atoms with E-state index in [1.807, 2.05) is 0 Å². The Bertz CT molecular complexity index is 464. The predicted octanol–water partition coefficient (Wildman–Crippen LogP) is 2.60. The van der Waals surface area contributed by atoms with Crippen LogP contribution in [0.2, 0.25) is 0 Å². The third-order valence-electron chi connectivity index (χ3n) is 4.01. The van der Waals surface area contributed by atoms with Gasteiger partial charge in [-0.3, -0.25) is 0 Å². The first kappa shape index (κ1) is 12.0. The van der Waals surface area contributed by atoms with Crippen molar-refractivity contribution in [3.63, 3.8) is 0 Å². The fourth-order valence-corrected chi connectivity index (χ4v) is 2.79. The van der Waals surface area contributed by atoms with E-state index in [4.69, 9.17) is 4.74 Å². The van der Waals surface area contributed by atoms with Crippen molar-refractivity contribution in [2.24, 2.45) is 0 Å². The number of nitrogens with one attached hydrogen (secondary N) is 1. The molecule has 1 aromatic carbocycles.